The molecule has 0 saturated carbocycles. The molecular formula is C14H18N2O5S. The molecule has 8 heteroatoms. The smallest absolute Gasteiger partial charge is 0.262 e. The number of aryl methyl sites for hydroxylation is 1. The molecule has 0 aromatic heterocycles. The predicted octanol–water partition coefficient (Wildman–Crippen LogP) is 0.783. The monoisotopic (exact) mass is 326 g/mol. The van der Waals surface area contributed by atoms with Gasteiger partial charge in [-0.2, -0.15) is 0 Å². The molecule has 1 aromatic carbocycles. The fourth-order valence-corrected chi connectivity index (χ4v) is 3.90. The highest BCUT2D eigenvalue weighted by Gasteiger charge is 2.25. The topological polar surface area (TPSA) is 93.7 Å². The van der Waals surface area contributed by atoms with E-state index in [2.05, 4.69) is 10.0 Å². The summed E-state index contributed by atoms with van der Waals surface area (Å²) in [6, 6.07) is 3.05. The molecule has 2 N–H and O–H groups in total. The molecule has 2 heterocycles. The summed E-state index contributed by atoms with van der Waals surface area (Å²) in [5.74, 6) is 0.113. The maximum absolute atomic E-state index is 12.5. The molecule has 1 atom stereocenters. The van der Waals surface area contributed by atoms with E-state index in [1.807, 2.05) is 0 Å². The Labute approximate surface area is 129 Å². The number of amides is 1. The summed E-state index contributed by atoms with van der Waals surface area (Å²) < 4.78 is 38.2. The average molecular weight is 326 g/mol. The van der Waals surface area contributed by atoms with Gasteiger partial charge in [0.25, 0.3) is 5.91 Å². The predicted molar refractivity (Wildman–Crippen MR) is 79.5 cm³/mol. The lowest BCUT2D eigenvalue weighted by Crippen LogP contribution is -2.32. The van der Waals surface area contributed by atoms with Crippen LogP contribution in [0.1, 0.15) is 18.4 Å². The van der Waals surface area contributed by atoms with Crippen molar-refractivity contribution in [1.82, 2.24) is 4.72 Å². The maximum atomic E-state index is 12.5. The molecule has 120 valence electrons. The van der Waals surface area contributed by atoms with E-state index in [4.69, 9.17) is 9.47 Å². The molecule has 0 radical (unpaired) electrons. The third-order valence-electron chi connectivity index (χ3n) is 3.72. The first-order valence-corrected chi connectivity index (χ1v) is 8.62. The lowest BCUT2D eigenvalue weighted by atomic mass is 10.2. The van der Waals surface area contributed by atoms with Crippen LogP contribution in [-0.2, 0) is 19.6 Å². The van der Waals surface area contributed by atoms with Crippen LogP contribution in [0.25, 0.3) is 0 Å². The fraction of sp³-hybridized carbons (Fsp3) is 0.500. The quantitative estimate of drug-likeness (QED) is 0.853. The Bertz CT molecular complexity index is 695. The second-order valence-electron chi connectivity index (χ2n) is 5.44. The molecule has 0 unspecified atom stereocenters. The van der Waals surface area contributed by atoms with Gasteiger partial charge in [0, 0.05) is 19.2 Å². The van der Waals surface area contributed by atoms with Crippen molar-refractivity contribution >= 4 is 21.6 Å². The van der Waals surface area contributed by atoms with Crippen LogP contribution < -0.4 is 14.8 Å². The molecule has 2 aliphatic heterocycles. The summed E-state index contributed by atoms with van der Waals surface area (Å²) >= 11 is 0. The Hall–Kier alpha value is -1.64. The molecule has 1 amide bonds. The van der Waals surface area contributed by atoms with E-state index in [0.717, 1.165) is 12.8 Å². The standard InChI is InChI=1S/C14H18N2O5S/c1-9-5-11-12(21-8-14(17)16-11)6-13(9)22(18,19)15-7-10-3-2-4-20-10/h5-6,10,15H,2-4,7-8H2,1H3,(H,16,17)/t10-/m0/s1. The molecule has 1 fully saturated rings. The van der Waals surface area contributed by atoms with Gasteiger partial charge in [0.2, 0.25) is 10.0 Å². The van der Waals surface area contributed by atoms with E-state index in [1.165, 1.54) is 6.07 Å². The number of rotatable bonds is 4. The molecule has 0 spiro atoms. The van der Waals surface area contributed by atoms with Gasteiger partial charge in [0.05, 0.1) is 16.7 Å². The molecule has 1 aromatic rings. The van der Waals surface area contributed by atoms with Gasteiger partial charge in [-0.05, 0) is 31.4 Å². The molecule has 7 nitrogen and oxygen atoms in total. The van der Waals surface area contributed by atoms with E-state index < -0.39 is 10.0 Å². The Balaban J connectivity index is 1.82. The second-order valence-corrected chi connectivity index (χ2v) is 7.17. The molecule has 0 bridgehead atoms. The summed E-state index contributed by atoms with van der Waals surface area (Å²) in [5.41, 5.74) is 1.04. The third-order valence-corrected chi connectivity index (χ3v) is 5.29. The molecule has 3 rings (SSSR count). The number of ether oxygens (including phenoxy) is 2. The van der Waals surface area contributed by atoms with Gasteiger partial charge in [-0.3, -0.25) is 4.79 Å². The van der Waals surface area contributed by atoms with Gasteiger partial charge in [-0.1, -0.05) is 0 Å². The highest BCUT2D eigenvalue weighted by molar-refractivity contribution is 7.89. The third kappa shape index (κ3) is 3.08. The molecule has 2 aliphatic rings. The second kappa shape index (κ2) is 5.86. The van der Waals surface area contributed by atoms with Gasteiger partial charge >= 0.3 is 0 Å². The van der Waals surface area contributed by atoms with Crippen LogP contribution >= 0.6 is 0 Å². The SMILES string of the molecule is Cc1cc2c(cc1S(=O)(=O)NC[C@@H]1CCCO1)OCC(=O)N2. The minimum atomic E-state index is -3.65. The Morgan fingerprint density at radius 3 is 2.95 bits per heavy atom. The van der Waals surface area contributed by atoms with Crippen molar-refractivity contribution in [2.24, 2.45) is 0 Å². The van der Waals surface area contributed by atoms with Crippen LogP contribution in [0, 0.1) is 6.92 Å². The van der Waals surface area contributed by atoms with Crippen LogP contribution in [0.3, 0.4) is 0 Å². The fourth-order valence-electron chi connectivity index (χ4n) is 2.59. The molecular weight excluding hydrogens is 308 g/mol. The minimum Gasteiger partial charge on any atom is -0.482 e. The van der Waals surface area contributed by atoms with Crippen LogP contribution in [0.5, 0.6) is 5.75 Å². The van der Waals surface area contributed by atoms with Crippen molar-refractivity contribution in [3.8, 4) is 5.75 Å². The number of carbonyl (C=O) groups is 1. The number of fused-ring (bicyclic) bond motifs is 1. The highest BCUT2D eigenvalue weighted by Crippen LogP contribution is 2.32. The Morgan fingerprint density at radius 2 is 2.23 bits per heavy atom. The van der Waals surface area contributed by atoms with E-state index in [-0.39, 0.29) is 30.1 Å². The summed E-state index contributed by atoms with van der Waals surface area (Å²) in [6.07, 6.45) is 1.75. The van der Waals surface area contributed by atoms with Gasteiger partial charge in [-0.25, -0.2) is 13.1 Å². The first-order chi connectivity index (χ1) is 10.5. The minimum absolute atomic E-state index is 0.0664. The van der Waals surface area contributed by atoms with Crippen molar-refractivity contribution in [2.45, 2.75) is 30.8 Å². The molecule has 22 heavy (non-hydrogen) atoms. The number of sulfonamides is 1. The zero-order valence-corrected chi connectivity index (χ0v) is 13.0. The largest absolute Gasteiger partial charge is 0.482 e. The van der Waals surface area contributed by atoms with Crippen molar-refractivity contribution < 1.29 is 22.7 Å². The van der Waals surface area contributed by atoms with Gasteiger partial charge < -0.3 is 14.8 Å². The zero-order valence-electron chi connectivity index (χ0n) is 12.2. The zero-order chi connectivity index (χ0) is 15.7. The van der Waals surface area contributed by atoms with E-state index in [0.29, 0.717) is 23.6 Å². The molecule has 0 aliphatic carbocycles. The van der Waals surface area contributed by atoms with Crippen LogP contribution in [-0.4, -0.2) is 40.2 Å². The number of hydrogen-bond acceptors (Lipinski definition) is 5. The first kappa shape index (κ1) is 15.3. The van der Waals surface area contributed by atoms with E-state index in [9.17, 15) is 13.2 Å². The summed E-state index contributed by atoms with van der Waals surface area (Å²) in [6.45, 7) is 2.51. The van der Waals surface area contributed by atoms with Crippen molar-refractivity contribution in [1.29, 1.82) is 0 Å². The van der Waals surface area contributed by atoms with Gasteiger partial charge in [-0.15, -0.1) is 0 Å². The van der Waals surface area contributed by atoms with E-state index >= 15 is 0 Å². The number of nitrogens with one attached hydrogen (secondary N) is 2. The van der Waals surface area contributed by atoms with Crippen LogP contribution in [0.15, 0.2) is 17.0 Å². The number of hydrogen-bond donors (Lipinski definition) is 2. The van der Waals surface area contributed by atoms with Crippen LogP contribution in [0.2, 0.25) is 0 Å². The highest BCUT2D eigenvalue weighted by atomic mass is 32.2. The summed E-state index contributed by atoms with van der Waals surface area (Å²) in [4.78, 5) is 11.4. The lowest BCUT2D eigenvalue weighted by molar-refractivity contribution is -0.118. The van der Waals surface area contributed by atoms with Gasteiger partial charge in [0.1, 0.15) is 5.75 Å². The van der Waals surface area contributed by atoms with Crippen LogP contribution in [0.4, 0.5) is 5.69 Å². The molecule has 1 saturated heterocycles. The number of carbonyl (C=O) groups excluding carboxylic acids is 1. The lowest BCUT2D eigenvalue weighted by Gasteiger charge is -2.20. The Morgan fingerprint density at radius 1 is 1.41 bits per heavy atom. The summed E-state index contributed by atoms with van der Waals surface area (Å²) in [5, 5.41) is 2.66. The first-order valence-electron chi connectivity index (χ1n) is 7.14. The average Bonchev–Trinajstić information content (AvgIpc) is 2.97. The Kier molecular flexibility index (Phi) is 4.07. The van der Waals surface area contributed by atoms with Crippen molar-refractivity contribution in [2.75, 3.05) is 25.1 Å². The maximum Gasteiger partial charge on any atom is 0.262 e. The van der Waals surface area contributed by atoms with Crippen molar-refractivity contribution in [3.05, 3.63) is 17.7 Å². The number of anilines is 1. The summed E-state index contributed by atoms with van der Waals surface area (Å²) in [7, 11) is -3.65. The van der Waals surface area contributed by atoms with E-state index in [1.54, 1.807) is 13.0 Å². The van der Waals surface area contributed by atoms with Crippen molar-refractivity contribution in [3.63, 3.8) is 0 Å². The number of benzene rings is 1. The van der Waals surface area contributed by atoms with Gasteiger partial charge in [0.15, 0.2) is 6.61 Å². The normalized spacial score (nSPS) is 21.1.